The third-order valence-electron chi connectivity index (χ3n) is 4.51. The van der Waals surface area contributed by atoms with E-state index in [1.165, 1.54) is 43.2 Å². The van der Waals surface area contributed by atoms with Crippen LogP contribution in [0.15, 0.2) is 29.4 Å². The molecule has 0 aliphatic heterocycles. The monoisotopic (exact) mass is 314 g/mol. The first-order valence-corrected chi connectivity index (χ1v) is 9.25. The Balaban J connectivity index is 1.68. The number of amides is 1. The molecule has 3 nitrogen and oxygen atoms in total. The van der Waals surface area contributed by atoms with Crippen molar-refractivity contribution >= 4 is 11.6 Å². The van der Waals surface area contributed by atoms with E-state index in [4.69, 9.17) is 0 Å². The molecule has 2 rings (SSSR count). The Bertz CT molecular complexity index is 522. The van der Waals surface area contributed by atoms with Gasteiger partial charge in [0.2, 0.25) is 5.91 Å². The van der Waals surface area contributed by atoms with Gasteiger partial charge in [-0.15, -0.1) is 0 Å². The zero-order valence-electron chi connectivity index (χ0n) is 14.4. The smallest absolute Gasteiger partial charge is 0.240 e. The van der Waals surface area contributed by atoms with Gasteiger partial charge in [-0.3, -0.25) is 4.79 Å². The first-order chi connectivity index (χ1) is 11.3. The van der Waals surface area contributed by atoms with Crippen LogP contribution in [0.25, 0.3) is 0 Å². The fourth-order valence-corrected chi connectivity index (χ4v) is 3.15. The second kappa shape index (κ2) is 10.2. The van der Waals surface area contributed by atoms with Crippen LogP contribution in [0.5, 0.6) is 0 Å². The second-order valence-corrected chi connectivity index (χ2v) is 6.48. The molecule has 1 aliphatic carbocycles. The number of aryl methyl sites for hydroxylation is 1. The summed E-state index contributed by atoms with van der Waals surface area (Å²) >= 11 is 0. The van der Waals surface area contributed by atoms with E-state index in [0.717, 1.165) is 37.8 Å². The quantitative estimate of drug-likeness (QED) is 0.506. The van der Waals surface area contributed by atoms with Crippen LogP contribution in [0.4, 0.5) is 0 Å². The maximum absolute atomic E-state index is 11.9. The van der Waals surface area contributed by atoms with Crippen LogP contribution in [0.1, 0.15) is 82.3 Å². The molecule has 1 aliphatic rings. The molecular formula is C20H30N2O. The summed E-state index contributed by atoms with van der Waals surface area (Å²) in [6, 6.07) is 8.38. The van der Waals surface area contributed by atoms with Gasteiger partial charge < -0.3 is 0 Å². The number of carbonyl (C=O) groups excluding carboxylic acids is 1. The zero-order valence-corrected chi connectivity index (χ0v) is 14.4. The molecule has 1 amide bonds. The summed E-state index contributed by atoms with van der Waals surface area (Å²) < 4.78 is 0. The maximum atomic E-state index is 11.9. The summed E-state index contributed by atoms with van der Waals surface area (Å²) in [6.45, 7) is 2.23. The lowest BCUT2D eigenvalue weighted by atomic mass is 9.90. The minimum absolute atomic E-state index is 0.0501. The van der Waals surface area contributed by atoms with E-state index in [9.17, 15) is 4.79 Å². The summed E-state index contributed by atoms with van der Waals surface area (Å²) in [6.07, 6.45) is 12.4. The Hall–Kier alpha value is -1.64. The molecule has 126 valence electrons. The van der Waals surface area contributed by atoms with Crippen molar-refractivity contribution in [1.29, 1.82) is 0 Å². The molecule has 1 aromatic carbocycles. The van der Waals surface area contributed by atoms with Gasteiger partial charge >= 0.3 is 0 Å². The molecule has 3 heteroatoms. The molecule has 0 aromatic heterocycles. The Kier molecular flexibility index (Phi) is 7.85. The summed E-state index contributed by atoms with van der Waals surface area (Å²) in [4.78, 5) is 11.9. The standard InChI is InChI=1S/C20H30N2O/c1-2-3-4-5-6-7-8-16-20(23)22-21-19-15-11-13-17-12-9-10-14-18(17)19/h9-10,12,14H,2-8,11,13,15-16H2,1H3,(H,22,23). The SMILES string of the molecule is CCCCCCCCCC(=O)NN=C1CCCc2ccccc21. The largest absolute Gasteiger partial charge is 0.273 e. The van der Waals surface area contributed by atoms with Gasteiger partial charge in [-0.05, 0) is 31.2 Å². The van der Waals surface area contributed by atoms with Crippen molar-refractivity contribution in [3.05, 3.63) is 35.4 Å². The minimum Gasteiger partial charge on any atom is -0.273 e. The predicted molar refractivity (Wildman–Crippen MR) is 96.7 cm³/mol. The normalized spacial score (nSPS) is 15.4. The number of hydrogen-bond acceptors (Lipinski definition) is 2. The Morgan fingerprint density at radius 1 is 1.04 bits per heavy atom. The molecule has 0 saturated carbocycles. The molecule has 1 aromatic rings. The van der Waals surface area contributed by atoms with Crippen LogP contribution >= 0.6 is 0 Å². The number of fused-ring (bicyclic) bond motifs is 1. The lowest BCUT2D eigenvalue weighted by Gasteiger charge is -2.17. The van der Waals surface area contributed by atoms with Crippen molar-refractivity contribution in [2.75, 3.05) is 0 Å². The van der Waals surface area contributed by atoms with E-state index in [0.29, 0.717) is 6.42 Å². The van der Waals surface area contributed by atoms with Gasteiger partial charge in [-0.2, -0.15) is 5.10 Å². The first kappa shape index (κ1) is 17.7. The highest BCUT2D eigenvalue weighted by molar-refractivity contribution is 6.03. The fraction of sp³-hybridized carbons (Fsp3) is 0.600. The number of rotatable bonds is 9. The minimum atomic E-state index is 0.0501. The molecular weight excluding hydrogens is 284 g/mol. The fourth-order valence-electron chi connectivity index (χ4n) is 3.15. The molecule has 0 atom stereocenters. The lowest BCUT2D eigenvalue weighted by Crippen LogP contribution is -2.21. The highest BCUT2D eigenvalue weighted by Crippen LogP contribution is 2.21. The summed E-state index contributed by atoms with van der Waals surface area (Å²) in [5, 5.41) is 4.38. The van der Waals surface area contributed by atoms with Crippen LogP contribution < -0.4 is 5.43 Å². The number of nitrogens with zero attached hydrogens (tertiary/aromatic N) is 1. The maximum Gasteiger partial charge on any atom is 0.240 e. The Morgan fingerprint density at radius 3 is 2.61 bits per heavy atom. The number of benzene rings is 1. The lowest BCUT2D eigenvalue weighted by molar-refractivity contribution is -0.121. The average Bonchev–Trinajstić information content (AvgIpc) is 2.59. The number of hydrazone groups is 1. The van der Waals surface area contributed by atoms with E-state index < -0.39 is 0 Å². The highest BCUT2D eigenvalue weighted by atomic mass is 16.2. The van der Waals surface area contributed by atoms with Gasteiger partial charge in [0.05, 0.1) is 5.71 Å². The zero-order chi connectivity index (χ0) is 16.3. The van der Waals surface area contributed by atoms with Gasteiger partial charge in [-0.1, -0.05) is 69.7 Å². The topological polar surface area (TPSA) is 41.5 Å². The Morgan fingerprint density at radius 2 is 1.78 bits per heavy atom. The van der Waals surface area contributed by atoms with Gasteiger partial charge in [0, 0.05) is 12.0 Å². The van der Waals surface area contributed by atoms with E-state index in [-0.39, 0.29) is 5.91 Å². The van der Waals surface area contributed by atoms with Crippen LogP contribution in [-0.4, -0.2) is 11.6 Å². The molecule has 0 fully saturated rings. The first-order valence-electron chi connectivity index (χ1n) is 9.25. The molecule has 1 N–H and O–H groups in total. The summed E-state index contributed by atoms with van der Waals surface area (Å²) in [7, 11) is 0. The van der Waals surface area contributed by atoms with Crippen LogP contribution in [0.3, 0.4) is 0 Å². The van der Waals surface area contributed by atoms with Crippen molar-refractivity contribution in [3.63, 3.8) is 0 Å². The number of carbonyl (C=O) groups is 1. The van der Waals surface area contributed by atoms with Crippen molar-refractivity contribution in [2.45, 2.75) is 77.6 Å². The van der Waals surface area contributed by atoms with Gasteiger partial charge in [0.15, 0.2) is 0 Å². The molecule has 23 heavy (non-hydrogen) atoms. The number of hydrogen-bond donors (Lipinski definition) is 1. The van der Waals surface area contributed by atoms with Crippen molar-refractivity contribution in [2.24, 2.45) is 5.10 Å². The molecule has 0 spiro atoms. The third-order valence-corrected chi connectivity index (χ3v) is 4.51. The van der Waals surface area contributed by atoms with Gasteiger partial charge in [0.25, 0.3) is 0 Å². The summed E-state index contributed by atoms with van der Waals surface area (Å²) in [5.41, 5.74) is 6.33. The average molecular weight is 314 g/mol. The predicted octanol–water partition coefficient (Wildman–Crippen LogP) is 4.98. The molecule has 0 unspecified atom stereocenters. The van der Waals surface area contributed by atoms with Crippen LogP contribution in [0, 0.1) is 0 Å². The molecule has 0 radical (unpaired) electrons. The van der Waals surface area contributed by atoms with E-state index in [1.807, 2.05) is 6.07 Å². The number of nitrogens with one attached hydrogen (secondary N) is 1. The van der Waals surface area contributed by atoms with Gasteiger partial charge in [-0.25, -0.2) is 5.43 Å². The third kappa shape index (κ3) is 6.17. The Labute approximate surface area is 140 Å². The molecule has 0 bridgehead atoms. The summed E-state index contributed by atoms with van der Waals surface area (Å²) in [5.74, 6) is 0.0501. The van der Waals surface area contributed by atoms with Gasteiger partial charge in [0.1, 0.15) is 0 Å². The van der Waals surface area contributed by atoms with E-state index in [2.05, 4.69) is 35.7 Å². The molecule has 0 heterocycles. The van der Waals surface area contributed by atoms with Crippen molar-refractivity contribution in [3.8, 4) is 0 Å². The van der Waals surface area contributed by atoms with Crippen LogP contribution in [-0.2, 0) is 11.2 Å². The van der Waals surface area contributed by atoms with Crippen LogP contribution in [0.2, 0.25) is 0 Å². The van der Waals surface area contributed by atoms with E-state index in [1.54, 1.807) is 0 Å². The molecule has 0 saturated heterocycles. The van der Waals surface area contributed by atoms with E-state index >= 15 is 0 Å². The van der Waals surface area contributed by atoms with Crippen molar-refractivity contribution < 1.29 is 4.79 Å². The number of unbranched alkanes of at least 4 members (excludes halogenated alkanes) is 6. The van der Waals surface area contributed by atoms with Crippen molar-refractivity contribution in [1.82, 2.24) is 5.43 Å². The second-order valence-electron chi connectivity index (χ2n) is 6.48. The highest BCUT2D eigenvalue weighted by Gasteiger charge is 2.14.